The van der Waals surface area contributed by atoms with E-state index in [2.05, 4.69) is 45.9 Å². The maximum Gasteiger partial charge on any atom is -0.147 e. The van der Waals surface area contributed by atoms with Crippen LogP contribution in [0.1, 0.15) is 18.4 Å². The first kappa shape index (κ1) is 22.5. The summed E-state index contributed by atoms with van der Waals surface area (Å²) in [6, 6.07) is 16.6. The van der Waals surface area contributed by atoms with Crippen molar-refractivity contribution in [2.45, 2.75) is 29.8 Å². The molecule has 0 unspecified atom stereocenters. The van der Waals surface area contributed by atoms with E-state index in [1.54, 1.807) is 11.3 Å². The average molecular weight is 486 g/mol. The summed E-state index contributed by atoms with van der Waals surface area (Å²) in [6.45, 7) is 3.55. The van der Waals surface area contributed by atoms with E-state index < -0.39 is 0 Å². The molecule has 3 aromatic rings. The summed E-state index contributed by atoms with van der Waals surface area (Å²) < 4.78 is 8.12. The third-order valence-corrected chi connectivity index (χ3v) is 8.26. The molecular weight excluding hydrogens is 462 g/mol. The van der Waals surface area contributed by atoms with Gasteiger partial charge < -0.3 is 0 Å². The quantitative estimate of drug-likeness (QED) is 0.410. The van der Waals surface area contributed by atoms with E-state index >= 15 is 0 Å². The smallest absolute Gasteiger partial charge is 0.147 e. The number of aromatic nitrogens is 1. The predicted octanol–water partition coefficient (Wildman–Crippen LogP) is 6.07. The summed E-state index contributed by atoms with van der Waals surface area (Å²) in [5, 5.41) is 0.707. The Morgan fingerprint density at radius 1 is 1.07 bits per heavy atom. The number of halogens is 2. The molecule has 0 spiro atoms. The molecule has 7 heteroatoms. The first-order chi connectivity index (χ1) is 12.3. The Hall–Kier alpha value is -0.772. The minimum atomic E-state index is 0. The molecule has 2 heterocycles. The minimum Gasteiger partial charge on any atom is -0.147 e. The zero-order valence-corrected chi connectivity index (χ0v) is 19.5. The van der Waals surface area contributed by atoms with E-state index in [9.17, 15) is 0 Å². The van der Waals surface area contributed by atoms with Gasteiger partial charge in [0, 0.05) is 0 Å². The Labute approximate surface area is 184 Å². The van der Waals surface area contributed by atoms with E-state index in [-0.39, 0.29) is 24.8 Å². The molecule has 27 heavy (non-hydrogen) atoms. The van der Waals surface area contributed by atoms with Gasteiger partial charge in [-0.1, -0.05) is 12.1 Å². The van der Waals surface area contributed by atoms with Gasteiger partial charge in [0.2, 0.25) is 0 Å². The number of hydrogen-bond donors (Lipinski definition) is 0. The van der Waals surface area contributed by atoms with E-state index in [1.807, 2.05) is 18.2 Å². The number of fused-ring (bicyclic) bond motifs is 1. The summed E-state index contributed by atoms with van der Waals surface area (Å²) in [5.74, 6) is 0.858. The van der Waals surface area contributed by atoms with Crippen molar-refractivity contribution in [3.8, 4) is 10.9 Å². The molecule has 0 atom stereocenters. The molecule has 0 amide bonds. The Bertz CT molecular complexity index is 802. The Balaban J connectivity index is 0.00000131. The number of hydrogen-bond acceptors (Lipinski definition) is 4. The number of likely N-dealkylation sites (tertiary alicyclic amines) is 1. The van der Waals surface area contributed by atoms with E-state index in [0.717, 1.165) is 27.2 Å². The van der Waals surface area contributed by atoms with Crippen molar-refractivity contribution in [2.24, 2.45) is 0 Å². The fourth-order valence-corrected chi connectivity index (χ4v) is 5.66. The first-order valence-electron chi connectivity index (χ1n) is 8.74. The van der Waals surface area contributed by atoms with Gasteiger partial charge in [0.05, 0.1) is 10.2 Å². The monoisotopic (exact) mass is 485 g/mol. The molecule has 1 fully saturated rings. The third-order valence-electron chi connectivity index (χ3n) is 4.73. The van der Waals surface area contributed by atoms with Crippen LogP contribution in [0.2, 0.25) is 10.4 Å². The molecule has 1 aliphatic heterocycles. The molecule has 1 saturated heterocycles. The number of piperidine rings is 1. The Morgan fingerprint density at radius 3 is 2.44 bits per heavy atom. The van der Waals surface area contributed by atoms with Crippen molar-refractivity contribution >= 4 is 62.1 Å². The van der Waals surface area contributed by atoms with E-state index in [0.29, 0.717) is 20.9 Å². The summed E-state index contributed by atoms with van der Waals surface area (Å²) in [5.41, 5.74) is 4.76. The molecule has 3 nitrogen and oxygen atoms in total. The zero-order valence-electron chi connectivity index (χ0n) is 15.2. The minimum absolute atomic E-state index is 0. The molecule has 2 aromatic carbocycles. The zero-order chi connectivity index (χ0) is 17.1. The number of nitrogens with zero attached hydrogens (tertiary/aromatic N) is 2. The molecule has 0 aliphatic carbocycles. The van der Waals surface area contributed by atoms with Crippen molar-refractivity contribution in [2.75, 3.05) is 13.1 Å². The average Bonchev–Trinajstić information content (AvgIpc) is 3.06. The van der Waals surface area contributed by atoms with Crippen LogP contribution in [-0.2, 0) is 6.54 Å². The normalized spacial score (nSPS) is 15.6. The topological polar surface area (TPSA) is 25.4 Å². The number of ether oxygens (including phenoxy) is 1. The van der Waals surface area contributed by atoms with Crippen LogP contribution >= 0.6 is 36.2 Å². The summed E-state index contributed by atoms with van der Waals surface area (Å²) >= 11 is 2.14. The molecule has 1 aromatic heterocycles. The van der Waals surface area contributed by atoms with Crippen LogP contribution in [0, 0.1) is 0 Å². The summed E-state index contributed by atoms with van der Waals surface area (Å²) in [7, 11) is 0. The second kappa shape index (κ2) is 10.7. The van der Waals surface area contributed by atoms with Crippen molar-refractivity contribution in [1.82, 2.24) is 9.88 Å². The van der Waals surface area contributed by atoms with Gasteiger partial charge in [-0.25, -0.2) is 0 Å². The number of para-hydroxylation sites is 1. The van der Waals surface area contributed by atoms with Crippen LogP contribution < -0.4 is 4.74 Å². The molecule has 145 valence electrons. The molecule has 1 aliphatic rings. The van der Waals surface area contributed by atoms with Crippen LogP contribution in [0.15, 0.2) is 48.5 Å². The van der Waals surface area contributed by atoms with Gasteiger partial charge >= 0.3 is 125 Å². The predicted molar refractivity (Wildman–Crippen MR) is 121 cm³/mol. The van der Waals surface area contributed by atoms with Gasteiger partial charge in [-0.15, -0.1) is 24.8 Å². The standard InChI is InChI=1S/C20H22AsN2OS.2ClH/c1-21-16-10-12-23(13-11-16)14-15-6-8-17(9-7-15)24-20-22-18-4-2-3-5-19(18)25-20;;/h2-9,16H,10-14H2,1H3;2*1H. The van der Waals surface area contributed by atoms with Crippen LogP contribution in [0.3, 0.4) is 0 Å². The van der Waals surface area contributed by atoms with Crippen LogP contribution in [0.5, 0.6) is 10.9 Å². The van der Waals surface area contributed by atoms with Gasteiger partial charge in [0.25, 0.3) is 0 Å². The molecule has 0 N–H and O–H groups in total. The van der Waals surface area contributed by atoms with Crippen LogP contribution in [0.4, 0.5) is 0 Å². The number of benzene rings is 2. The largest absolute Gasteiger partial charge is 0.147 e. The maximum atomic E-state index is 5.93. The number of thiazole rings is 1. The van der Waals surface area contributed by atoms with E-state index in [4.69, 9.17) is 4.74 Å². The fourth-order valence-electron chi connectivity index (χ4n) is 3.25. The van der Waals surface area contributed by atoms with Crippen molar-refractivity contribution in [3.05, 3.63) is 54.1 Å². The van der Waals surface area contributed by atoms with Gasteiger partial charge in [-0.3, -0.25) is 0 Å². The summed E-state index contributed by atoms with van der Waals surface area (Å²) in [6.07, 6.45) is 2.77. The fraction of sp³-hybridized carbons (Fsp3) is 0.350. The van der Waals surface area contributed by atoms with Crippen molar-refractivity contribution < 1.29 is 4.74 Å². The Morgan fingerprint density at radius 2 is 1.78 bits per heavy atom. The summed E-state index contributed by atoms with van der Waals surface area (Å²) in [4.78, 5) is 7.11. The second-order valence-corrected chi connectivity index (χ2v) is 10.1. The van der Waals surface area contributed by atoms with Gasteiger partial charge in [0.1, 0.15) is 0 Å². The van der Waals surface area contributed by atoms with Crippen molar-refractivity contribution in [3.63, 3.8) is 0 Å². The third kappa shape index (κ3) is 5.85. The Kier molecular flexibility index (Phi) is 8.91. The van der Waals surface area contributed by atoms with Gasteiger partial charge in [-0.05, 0) is 12.1 Å². The molecule has 0 bridgehead atoms. The molecule has 1 radical (unpaired) electrons. The van der Waals surface area contributed by atoms with Gasteiger partial charge in [-0.2, -0.15) is 0 Å². The second-order valence-electron chi connectivity index (χ2n) is 6.46. The van der Waals surface area contributed by atoms with Gasteiger partial charge in [0.15, 0.2) is 0 Å². The molecular formula is C20H24AsCl2N2OS. The number of rotatable bonds is 5. The van der Waals surface area contributed by atoms with Crippen LogP contribution in [0.25, 0.3) is 10.2 Å². The first-order valence-corrected chi connectivity index (χ1v) is 12.5. The maximum absolute atomic E-state index is 5.93. The van der Waals surface area contributed by atoms with Crippen LogP contribution in [-0.4, -0.2) is 38.7 Å². The molecule has 4 rings (SSSR count). The molecule has 0 saturated carbocycles. The van der Waals surface area contributed by atoms with Crippen molar-refractivity contribution in [1.29, 1.82) is 0 Å². The SMILES string of the molecule is C[As]C1CCN(Cc2ccc(Oc3nc4ccccc4s3)cc2)CC1.Cl.Cl. The van der Waals surface area contributed by atoms with E-state index in [1.165, 1.54) is 31.5 Å².